The Morgan fingerprint density at radius 3 is 3.00 bits per heavy atom. The number of aromatic nitrogens is 2. The van der Waals surface area contributed by atoms with Crippen molar-refractivity contribution >= 4 is 0 Å². The summed E-state index contributed by atoms with van der Waals surface area (Å²) in [6.07, 6.45) is 2.80. The molecule has 0 saturated carbocycles. The predicted molar refractivity (Wildman–Crippen MR) is 71.2 cm³/mol. The van der Waals surface area contributed by atoms with E-state index in [-0.39, 0.29) is 0 Å². The molecule has 0 bridgehead atoms. The van der Waals surface area contributed by atoms with Gasteiger partial charge in [0.1, 0.15) is 0 Å². The van der Waals surface area contributed by atoms with E-state index in [1.807, 2.05) is 36.1 Å². The average molecular weight is 259 g/mol. The van der Waals surface area contributed by atoms with Crippen LogP contribution in [0.3, 0.4) is 0 Å². The summed E-state index contributed by atoms with van der Waals surface area (Å²) in [5, 5.41) is 7.57. The van der Waals surface area contributed by atoms with Crippen LogP contribution in [0.2, 0.25) is 0 Å². The zero-order chi connectivity index (χ0) is 13.1. The fraction of sp³-hybridized carbons (Fsp3) is 0.357. The van der Waals surface area contributed by atoms with Crippen molar-refractivity contribution in [2.24, 2.45) is 7.05 Å². The van der Waals surface area contributed by atoms with Gasteiger partial charge in [0.15, 0.2) is 11.5 Å². The maximum absolute atomic E-state index is 5.36. The van der Waals surface area contributed by atoms with E-state index in [9.17, 15) is 0 Å². The number of nitrogens with one attached hydrogen (secondary N) is 1. The fourth-order valence-electron chi connectivity index (χ4n) is 2.15. The van der Waals surface area contributed by atoms with Crippen molar-refractivity contribution < 1.29 is 9.47 Å². The molecule has 0 aliphatic carbocycles. The predicted octanol–water partition coefficient (Wildman–Crippen LogP) is 1.48. The molecule has 0 amide bonds. The lowest BCUT2D eigenvalue weighted by molar-refractivity contribution is 0.174. The van der Waals surface area contributed by atoms with E-state index >= 15 is 0 Å². The molecule has 0 atom stereocenters. The Kier molecular flexibility index (Phi) is 3.37. The first-order chi connectivity index (χ1) is 9.33. The Hall–Kier alpha value is -2.01. The molecular formula is C14H17N3O2. The van der Waals surface area contributed by atoms with E-state index < -0.39 is 0 Å². The van der Waals surface area contributed by atoms with E-state index in [0.717, 1.165) is 31.0 Å². The van der Waals surface area contributed by atoms with Crippen LogP contribution in [0.4, 0.5) is 0 Å². The Morgan fingerprint density at radius 2 is 2.16 bits per heavy atom. The second kappa shape index (κ2) is 5.32. The van der Waals surface area contributed by atoms with Crippen LogP contribution in [0.1, 0.15) is 11.3 Å². The second-order valence-corrected chi connectivity index (χ2v) is 4.56. The van der Waals surface area contributed by atoms with Crippen molar-refractivity contribution in [2.45, 2.75) is 13.0 Å². The van der Waals surface area contributed by atoms with E-state index in [4.69, 9.17) is 9.47 Å². The zero-order valence-electron chi connectivity index (χ0n) is 10.9. The number of hydrogen-bond acceptors (Lipinski definition) is 4. The van der Waals surface area contributed by atoms with Crippen LogP contribution in [0.25, 0.3) is 0 Å². The SMILES string of the molecule is Cn1nccc1CCNCc1ccc2c(c1)OCO2. The molecule has 3 rings (SSSR count). The third kappa shape index (κ3) is 2.71. The normalized spacial score (nSPS) is 12.9. The Bertz CT molecular complexity index is 566. The number of benzene rings is 1. The molecule has 1 aromatic carbocycles. The molecule has 1 aromatic heterocycles. The highest BCUT2D eigenvalue weighted by Gasteiger charge is 2.12. The number of rotatable bonds is 5. The summed E-state index contributed by atoms with van der Waals surface area (Å²) in [4.78, 5) is 0. The van der Waals surface area contributed by atoms with E-state index in [1.165, 1.54) is 11.3 Å². The molecule has 100 valence electrons. The quantitative estimate of drug-likeness (QED) is 0.826. The van der Waals surface area contributed by atoms with Crippen molar-refractivity contribution in [3.8, 4) is 11.5 Å². The molecular weight excluding hydrogens is 242 g/mol. The average Bonchev–Trinajstić information content (AvgIpc) is 3.03. The molecule has 0 unspecified atom stereocenters. The molecule has 5 heteroatoms. The van der Waals surface area contributed by atoms with Crippen LogP contribution in [0.15, 0.2) is 30.5 Å². The molecule has 0 spiro atoms. The van der Waals surface area contributed by atoms with Crippen LogP contribution in [-0.2, 0) is 20.0 Å². The summed E-state index contributed by atoms with van der Waals surface area (Å²) in [5.74, 6) is 1.67. The largest absolute Gasteiger partial charge is 0.454 e. The fourth-order valence-corrected chi connectivity index (χ4v) is 2.15. The molecule has 2 aromatic rings. The van der Waals surface area contributed by atoms with Crippen LogP contribution < -0.4 is 14.8 Å². The van der Waals surface area contributed by atoms with Gasteiger partial charge in [-0.15, -0.1) is 0 Å². The van der Waals surface area contributed by atoms with E-state index in [0.29, 0.717) is 6.79 Å². The Balaban J connectivity index is 1.49. The Labute approximate surface area is 112 Å². The molecule has 2 heterocycles. The maximum Gasteiger partial charge on any atom is 0.231 e. The lowest BCUT2D eigenvalue weighted by atomic mass is 10.2. The van der Waals surface area contributed by atoms with Gasteiger partial charge in [-0.05, 0) is 23.8 Å². The first-order valence-corrected chi connectivity index (χ1v) is 6.39. The second-order valence-electron chi connectivity index (χ2n) is 4.56. The highest BCUT2D eigenvalue weighted by Crippen LogP contribution is 2.32. The van der Waals surface area contributed by atoms with Gasteiger partial charge in [0.25, 0.3) is 0 Å². The van der Waals surface area contributed by atoms with Gasteiger partial charge in [-0.2, -0.15) is 5.10 Å². The van der Waals surface area contributed by atoms with Crippen molar-refractivity contribution in [3.05, 3.63) is 41.7 Å². The van der Waals surface area contributed by atoms with Gasteiger partial charge in [0, 0.05) is 38.4 Å². The molecule has 19 heavy (non-hydrogen) atoms. The molecule has 1 N–H and O–H groups in total. The summed E-state index contributed by atoms with van der Waals surface area (Å²) >= 11 is 0. The minimum Gasteiger partial charge on any atom is -0.454 e. The maximum atomic E-state index is 5.36. The van der Waals surface area contributed by atoms with Crippen LogP contribution in [0, 0.1) is 0 Å². The zero-order valence-corrected chi connectivity index (χ0v) is 10.9. The van der Waals surface area contributed by atoms with Crippen molar-refractivity contribution in [1.29, 1.82) is 0 Å². The molecule has 1 aliphatic rings. The number of aryl methyl sites for hydroxylation is 1. The van der Waals surface area contributed by atoms with Crippen LogP contribution in [0.5, 0.6) is 11.5 Å². The Morgan fingerprint density at radius 1 is 1.26 bits per heavy atom. The number of hydrogen-bond donors (Lipinski definition) is 1. The van der Waals surface area contributed by atoms with Gasteiger partial charge in [0.2, 0.25) is 6.79 Å². The monoisotopic (exact) mass is 259 g/mol. The highest BCUT2D eigenvalue weighted by molar-refractivity contribution is 5.44. The third-order valence-corrected chi connectivity index (χ3v) is 3.25. The van der Waals surface area contributed by atoms with Crippen LogP contribution >= 0.6 is 0 Å². The van der Waals surface area contributed by atoms with Crippen molar-refractivity contribution in [2.75, 3.05) is 13.3 Å². The summed E-state index contributed by atoms with van der Waals surface area (Å²) in [7, 11) is 1.97. The number of ether oxygens (including phenoxy) is 2. The van der Waals surface area contributed by atoms with Gasteiger partial charge < -0.3 is 14.8 Å². The summed E-state index contributed by atoms with van der Waals surface area (Å²) < 4.78 is 12.6. The molecule has 5 nitrogen and oxygen atoms in total. The van der Waals surface area contributed by atoms with Crippen molar-refractivity contribution in [1.82, 2.24) is 15.1 Å². The minimum absolute atomic E-state index is 0.326. The van der Waals surface area contributed by atoms with Crippen molar-refractivity contribution in [3.63, 3.8) is 0 Å². The first kappa shape index (κ1) is 12.0. The smallest absolute Gasteiger partial charge is 0.231 e. The standard InChI is InChI=1S/C14H17N3O2/c1-17-12(5-7-16-17)4-6-15-9-11-2-3-13-14(8-11)19-10-18-13/h2-3,5,7-8,15H,4,6,9-10H2,1H3. The minimum atomic E-state index is 0.326. The van der Waals surface area contributed by atoms with Gasteiger partial charge in [-0.3, -0.25) is 4.68 Å². The van der Waals surface area contributed by atoms with E-state index in [1.54, 1.807) is 0 Å². The summed E-state index contributed by atoms with van der Waals surface area (Å²) in [5.41, 5.74) is 2.44. The van der Waals surface area contributed by atoms with Gasteiger partial charge in [0.05, 0.1) is 0 Å². The molecule has 0 fully saturated rings. The first-order valence-electron chi connectivity index (χ1n) is 6.39. The van der Waals surface area contributed by atoms with Crippen LogP contribution in [-0.4, -0.2) is 23.1 Å². The number of nitrogens with zero attached hydrogens (tertiary/aromatic N) is 2. The lowest BCUT2D eigenvalue weighted by Crippen LogP contribution is -2.17. The van der Waals surface area contributed by atoms with Gasteiger partial charge in [-0.1, -0.05) is 6.07 Å². The third-order valence-electron chi connectivity index (χ3n) is 3.25. The molecule has 0 saturated heterocycles. The summed E-state index contributed by atoms with van der Waals surface area (Å²) in [6.45, 7) is 2.08. The van der Waals surface area contributed by atoms with E-state index in [2.05, 4.69) is 16.5 Å². The lowest BCUT2D eigenvalue weighted by Gasteiger charge is -2.06. The number of fused-ring (bicyclic) bond motifs is 1. The topological polar surface area (TPSA) is 48.3 Å². The van der Waals surface area contributed by atoms with Gasteiger partial charge in [-0.25, -0.2) is 0 Å². The molecule has 1 aliphatic heterocycles. The van der Waals surface area contributed by atoms with Gasteiger partial charge >= 0.3 is 0 Å². The molecule has 0 radical (unpaired) electrons. The highest BCUT2D eigenvalue weighted by atomic mass is 16.7. The summed E-state index contributed by atoms with van der Waals surface area (Å²) in [6, 6.07) is 8.09.